The molecular weight excluding hydrogens is 197 g/mol. The third-order valence-electron chi connectivity index (χ3n) is 2.19. The molecule has 1 aliphatic rings. The topological polar surface area (TPSA) is 38.3 Å². The fourth-order valence-corrected chi connectivity index (χ4v) is 1.28. The molecule has 0 radical (unpaired) electrons. The quantitative estimate of drug-likeness (QED) is 0.823. The van der Waals surface area contributed by atoms with Gasteiger partial charge in [-0.1, -0.05) is 0 Å². The Kier molecular flexibility index (Phi) is 2.58. The fourth-order valence-electron chi connectivity index (χ4n) is 1.28. The number of ether oxygens (including phenoxy) is 1. The molecule has 0 saturated heterocycles. The molecule has 0 aliphatic heterocycles. The molecule has 15 heavy (non-hydrogen) atoms. The number of benzene rings is 1. The van der Waals surface area contributed by atoms with E-state index in [1.165, 1.54) is 19.2 Å². The highest BCUT2D eigenvalue weighted by Gasteiger charge is 2.24. The van der Waals surface area contributed by atoms with Gasteiger partial charge in [0.15, 0.2) is 0 Å². The van der Waals surface area contributed by atoms with Crippen LogP contribution in [0, 0.1) is 5.82 Å². The van der Waals surface area contributed by atoms with E-state index in [1.54, 1.807) is 6.07 Å². The summed E-state index contributed by atoms with van der Waals surface area (Å²) in [4.78, 5) is 11.3. The van der Waals surface area contributed by atoms with Crippen molar-refractivity contribution in [2.45, 2.75) is 18.9 Å². The van der Waals surface area contributed by atoms with Crippen LogP contribution in [-0.4, -0.2) is 19.1 Å². The number of nitrogens with one attached hydrogen (secondary N) is 1. The second-order valence-electron chi connectivity index (χ2n) is 3.57. The molecule has 80 valence electrons. The molecule has 1 aliphatic carbocycles. The smallest absolute Gasteiger partial charge is 0.251 e. The van der Waals surface area contributed by atoms with Crippen molar-refractivity contribution in [3.63, 3.8) is 0 Å². The predicted molar refractivity (Wildman–Crippen MR) is 53.4 cm³/mol. The zero-order valence-corrected chi connectivity index (χ0v) is 8.42. The van der Waals surface area contributed by atoms with Crippen LogP contribution in [-0.2, 0) is 0 Å². The molecule has 1 aromatic carbocycles. The second kappa shape index (κ2) is 3.88. The van der Waals surface area contributed by atoms with Crippen molar-refractivity contribution in [3.05, 3.63) is 29.6 Å². The lowest BCUT2D eigenvalue weighted by atomic mass is 10.2. The zero-order chi connectivity index (χ0) is 10.8. The minimum absolute atomic E-state index is 0.198. The highest BCUT2D eigenvalue weighted by molar-refractivity contribution is 5.94. The highest BCUT2D eigenvalue weighted by Crippen LogP contribution is 2.27. The molecule has 0 unspecified atom stereocenters. The lowest BCUT2D eigenvalue weighted by molar-refractivity contribution is 0.0962. The zero-order valence-electron chi connectivity index (χ0n) is 8.42. The summed E-state index contributed by atoms with van der Waals surface area (Å²) in [5.41, 5.74) is 0.285. The molecule has 1 fully saturated rings. The van der Waals surface area contributed by atoms with E-state index >= 15 is 0 Å². The standard InChI is InChI=1S/C11H12FNO2/c1-13-11(14)7-4-8(12)6-10(5-7)15-9-2-3-9/h4-6,9H,2-3H2,1H3,(H,13,14). The summed E-state index contributed by atoms with van der Waals surface area (Å²) < 4.78 is 18.6. The molecule has 2 rings (SSSR count). The SMILES string of the molecule is CNC(=O)c1cc(F)cc(OC2CC2)c1. The van der Waals surface area contributed by atoms with Crippen LogP contribution in [0.15, 0.2) is 18.2 Å². The maximum absolute atomic E-state index is 13.1. The summed E-state index contributed by atoms with van der Waals surface area (Å²) in [7, 11) is 1.51. The van der Waals surface area contributed by atoms with E-state index in [0.717, 1.165) is 12.8 Å². The van der Waals surface area contributed by atoms with E-state index in [4.69, 9.17) is 4.74 Å². The van der Waals surface area contributed by atoms with Gasteiger partial charge in [0.2, 0.25) is 0 Å². The molecule has 1 saturated carbocycles. The Labute approximate surface area is 87.2 Å². The van der Waals surface area contributed by atoms with Crippen molar-refractivity contribution in [1.29, 1.82) is 0 Å². The van der Waals surface area contributed by atoms with Crippen molar-refractivity contribution in [2.24, 2.45) is 0 Å². The largest absolute Gasteiger partial charge is 0.490 e. The van der Waals surface area contributed by atoms with Gasteiger partial charge in [-0.05, 0) is 25.0 Å². The van der Waals surface area contributed by atoms with Crippen LogP contribution >= 0.6 is 0 Å². The molecule has 1 amide bonds. The minimum Gasteiger partial charge on any atom is -0.490 e. The number of halogens is 1. The normalized spacial score (nSPS) is 14.8. The van der Waals surface area contributed by atoms with Gasteiger partial charge in [-0.3, -0.25) is 4.79 Å². The Morgan fingerprint density at radius 1 is 1.47 bits per heavy atom. The van der Waals surface area contributed by atoms with Crippen LogP contribution in [0.2, 0.25) is 0 Å². The van der Waals surface area contributed by atoms with Crippen LogP contribution in [0.1, 0.15) is 23.2 Å². The van der Waals surface area contributed by atoms with Crippen molar-refractivity contribution in [2.75, 3.05) is 7.05 Å². The van der Waals surface area contributed by atoms with Crippen LogP contribution in [0.25, 0.3) is 0 Å². The van der Waals surface area contributed by atoms with Crippen LogP contribution in [0.5, 0.6) is 5.75 Å². The number of carbonyl (C=O) groups is 1. The molecule has 3 nitrogen and oxygen atoms in total. The van der Waals surface area contributed by atoms with Gasteiger partial charge in [0.25, 0.3) is 5.91 Å². The van der Waals surface area contributed by atoms with E-state index in [-0.39, 0.29) is 17.6 Å². The number of rotatable bonds is 3. The van der Waals surface area contributed by atoms with Crippen LogP contribution in [0.4, 0.5) is 4.39 Å². The van der Waals surface area contributed by atoms with Gasteiger partial charge >= 0.3 is 0 Å². The summed E-state index contributed by atoms with van der Waals surface area (Å²) >= 11 is 0. The first kappa shape index (κ1) is 9.96. The number of hydrogen-bond acceptors (Lipinski definition) is 2. The first-order valence-corrected chi connectivity index (χ1v) is 4.88. The van der Waals surface area contributed by atoms with Gasteiger partial charge in [0.1, 0.15) is 11.6 Å². The Morgan fingerprint density at radius 2 is 2.20 bits per heavy atom. The monoisotopic (exact) mass is 209 g/mol. The molecule has 0 bridgehead atoms. The summed E-state index contributed by atoms with van der Waals surface area (Å²) in [5.74, 6) is -0.335. The van der Waals surface area contributed by atoms with Gasteiger partial charge in [0, 0.05) is 18.7 Å². The van der Waals surface area contributed by atoms with E-state index in [1.807, 2.05) is 0 Å². The van der Waals surface area contributed by atoms with E-state index in [0.29, 0.717) is 5.75 Å². The maximum atomic E-state index is 13.1. The molecule has 0 aromatic heterocycles. The predicted octanol–water partition coefficient (Wildman–Crippen LogP) is 1.73. The van der Waals surface area contributed by atoms with Gasteiger partial charge in [-0.15, -0.1) is 0 Å². The second-order valence-corrected chi connectivity index (χ2v) is 3.57. The molecule has 0 heterocycles. The first-order chi connectivity index (χ1) is 7.19. The Hall–Kier alpha value is -1.58. The number of hydrogen-bond donors (Lipinski definition) is 1. The van der Waals surface area contributed by atoms with Crippen molar-refractivity contribution in [1.82, 2.24) is 5.32 Å². The molecular formula is C11H12FNO2. The molecule has 1 aromatic rings. The van der Waals surface area contributed by atoms with Gasteiger partial charge in [-0.25, -0.2) is 4.39 Å². The van der Waals surface area contributed by atoms with E-state index < -0.39 is 5.82 Å². The summed E-state index contributed by atoms with van der Waals surface area (Å²) in [5, 5.41) is 2.44. The number of carbonyl (C=O) groups excluding carboxylic acids is 1. The average molecular weight is 209 g/mol. The van der Waals surface area contributed by atoms with E-state index in [9.17, 15) is 9.18 Å². The minimum atomic E-state index is -0.452. The van der Waals surface area contributed by atoms with Crippen LogP contribution < -0.4 is 10.1 Å². The Balaban J connectivity index is 2.22. The van der Waals surface area contributed by atoms with Gasteiger partial charge in [-0.2, -0.15) is 0 Å². The Morgan fingerprint density at radius 3 is 2.80 bits per heavy atom. The van der Waals surface area contributed by atoms with E-state index in [2.05, 4.69) is 5.32 Å². The third-order valence-corrected chi connectivity index (χ3v) is 2.19. The van der Waals surface area contributed by atoms with Crippen LogP contribution in [0.3, 0.4) is 0 Å². The summed E-state index contributed by atoms with van der Waals surface area (Å²) in [6.07, 6.45) is 2.21. The first-order valence-electron chi connectivity index (χ1n) is 4.88. The lowest BCUT2D eigenvalue weighted by Gasteiger charge is -2.06. The van der Waals surface area contributed by atoms with Gasteiger partial charge in [0.05, 0.1) is 6.10 Å². The van der Waals surface area contributed by atoms with Crippen molar-refractivity contribution in [3.8, 4) is 5.75 Å². The highest BCUT2D eigenvalue weighted by atomic mass is 19.1. The fraction of sp³-hybridized carbons (Fsp3) is 0.364. The molecule has 1 N–H and O–H groups in total. The molecule has 0 spiro atoms. The molecule has 0 atom stereocenters. The molecule has 4 heteroatoms. The third kappa shape index (κ3) is 2.46. The average Bonchev–Trinajstić information content (AvgIpc) is 2.99. The lowest BCUT2D eigenvalue weighted by Crippen LogP contribution is -2.18. The van der Waals surface area contributed by atoms with Crippen molar-refractivity contribution >= 4 is 5.91 Å². The Bertz CT molecular complexity index is 388. The maximum Gasteiger partial charge on any atom is 0.251 e. The summed E-state index contributed by atoms with van der Waals surface area (Å²) in [6, 6.07) is 4.05. The number of amides is 1. The van der Waals surface area contributed by atoms with Crippen molar-refractivity contribution < 1.29 is 13.9 Å². The summed E-state index contributed by atoms with van der Waals surface area (Å²) in [6.45, 7) is 0. The van der Waals surface area contributed by atoms with Gasteiger partial charge < -0.3 is 10.1 Å².